The van der Waals surface area contributed by atoms with Crippen LogP contribution in [-0.2, 0) is 14.3 Å². The molecule has 0 radical (unpaired) electrons. The molecular weight excluding hydrogens is 411 g/mol. The lowest BCUT2D eigenvalue weighted by atomic mass is 9.85. The lowest BCUT2D eigenvalue weighted by molar-refractivity contribution is -0.140. The molecule has 162 valence electrons. The molecule has 0 aromatic heterocycles. The Hall–Kier alpha value is -1.30. The molecule has 1 saturated carbocycles. The van der Waals surface area contributed by atoms with Crippen molar-refractivity contribution in [3.8, 4) is 0 Å². The van der Waals surface area contributed by atoms with Gasteiger partial charge in [0.15, 0.2) is 0 Å². The van der Waals surface area contributed by atoms with Gasteiger partial charge in [0.05, 0.1) is 0 Å². The number of carbonyl (C=O) groups is 2. The monoisotopic (exact) mass is 442 g/mol. The van der Waals surface area contributed by atoms with Crippen molar-refractivity contribution in [3.05, 3.63) is 34.9 Å². The molecule has 0 heterocycles. The van der Waals surface area contributed by atoms with Crippen LogP contribution in [0.3, 0.4) is 0 Å². The van der Waals surface area contributed by atoms with Crippen molar-refractivity contribution in [2.75, 3.05) is 25.6 Å². The third-order valence-electron chi connectivity index (χ3n) is 5.53. The Morgan fingerprint density at radius 3 is 2.66 bits per heavy atom. The van der Waals surface area contributed by atoms with Crippen LogP contribution < -0.4 is 5.32 Å². The Morgan fingerprint density at radius 2 is 2.00 bits per heavy atom. The highest BCUT2D eigenvalue weighted by molar-refractivity contribution is 6.31. The van der Waals surface area contributed by atoms with Gasteiger partial charge in [-0.15, -0.1) is 11.6 Å². The molecule has 1 fully saturated rings. The van der Waals surface area contributed by atoms with Crippen LogP contribution in [0, 0.1) is 5.92 Å². The maximum absolute atomic E-state index is 13.4. The highest BCUT2D eigenvalue weighted by Gasteiger charge is 2.34. The van der Waals surface area contributed by atoms with Crippen molar-refractivity contribution in [1.29, 1.82) is 0 Å². The number of hydrogen-bond acceptors (Lipinski definition) is 3. The van der Waals surface area contributed by atoms with E-state index in [-0.39, 0.29) is 23.7 Å². The maximum atomic E-state index is 13.4. The van der Waals surface area contributed by atoms with Crippen molar-refractivity contribution in [1.82, 2.24) is 10.2 Å². The number of benzene rings is 1. The first-order chi connectivity index (χ1) is 14.0. The second-order valence-electron chi connectivity index (χ2n) is 7.57. The molecule has 1 aromatic carbocycles. The zero-order chi connectivity index (χ0) is 21.2. The van der Waals surface area contributed by atoms with Crippen molar-refractivity contribution < 1.29 is 14.3 Å². The fraction of sp³-hybridized carbons (Fsp3) is 0.636. The van der Waals surface area contributed by atoms with E-state index >= 15 is 0 Å². The van der Waals surface area contributed by atoms with E-state index < -0.39 is 6.04 Å². The van der Waals surface area contributed by atoms with Crippen LogP contribution in [0.2, 0.25) is 5.02 Å². The molecule has 1 aromatic rings. The molecule has 0 aliphatic heterocycles. The van der Waals surface area contributed by atoms with E-state index in [9.17, 15) is 9.59 Å². The highest BCUT2D eigenvalue weighted by atomic mass is 35.5. The molecule has 0 bridgehead atoms. The summed E-state index contributed by atoms with van der Waals surface area (Å²) in [6.45, 7) is 5.58. The number of halogens is 2. The van der Waals surface area contributed by atoms with Gasteiger partial charge >= 0.3 is 0 Å². The molecule has 0 saturated heterocycles. The zero-order valence-electron chi connectivity index (χ0n) is 17.3. The van der Waals surface area contributed by atoms with E-state index in [1.54, 1.807) is 12.1 Å². The summed E-state index contributed by atoms with van der Waals surface area (Å²) in [5.41, 5.74) is 0.616. The molecule has 2 rings (SSSR count). The number of nitrogens with zero attached hydrogens (tertiary/aromatic N) is 1. The topological polar surface area (TPSA) is 58.6 Å². The lowest BCUT2D eigenvalue weighted by Gasteiger charge is -2.35. The zero-order valence-corrected chi connectivity index (χ0v) is 18.8. The average Bonchev–Trinajstić information content (AvgIpc) is 2.72. The fourth-order valence-corrected chi connectivity index (χ4v) is 4.29. The summed E-state index contributed by atoms with van der Waals surface area (Å²) in [5, 5.41) is 3.65. The molecule has 29 heavy (non-hydrogen) atoms. The minimum Gasteiger partial charge on any atom is -0.382 e. The van der Waals surface area contributed by atoms with Crippen LogP contribution >= 0.6 is 23.2 Å². The lowest BCUT2D eigenvalue weighted by Crippen LogP contribution is -2.49. The van der Waals surface area contributed by atoms with E-state index in [0.717, 1.165) is 19.3 Å². The second kappa shape index (κ2) is 12.4. The molecule has 3 atom stereocenters. The molecule has 1 aliphatic rings. The van der Waals surface area contributed by atoms with Crippen molar-refractivity contribution in [3.63, 3.8) is 0 Å². The van der Waals surface area contributed by atoms with E-state index in [0.29, 0.717) is 42.7 Å². The van der Waals surface area contributed by atoms with Gasteiger partial charge in [0, 0.05) is 36.4 Å². The Balaban J connectivity index is 2.29. The van der Waals surface area contributed by atoms with Crippen molar-refractivity contribution >= 4 is 35.0 Å². The molecule has 2 amide bonds. The molecule has 5 nitrogen and oxygen atoms in total. The van der Waals surface area contributed by atoms with Gasteiger partial charge in [-0.2, -0.15) is 0 Å². The highest BCUT2D eigenvalue weighted by Crippen LogP contribution is 2.30. The predicted octanol–water partition coefficient (Wildman–Crippen LogP) is 4.57. The first kappa shape index (κ1) is 24.0. The molecule has 3 unspecified atom stereocenters. The quantitative estimate of drug-likeness (QED) is 0.426. The number of nitrogens with one attached hydrogen (secondary N) is 1. The summed E-state index contributed by atoms with van der Waals surface area (Å²) in [7, 11) is 0. The van der Waals surface area contributed by atoms with E-state index in [1.165, 1.54) is 11.3 Å². The van der Waals surface area contributed by atoms with Crippen LogP contribution in [0.4, 0.5) is 0 Å². The Bertz CT molecular complexity index is 671. The van der Waals surface area contributed by atoms with Crippen molar-refractivity contribution in [2.45, 2.75) is 58.0 Å². The summed E-state index contributed by atoms with van der Waals surface area (Å²) >= 11 is 12.3. The smallest absolute Gasteiger partial charge is 0.247 e. The van der Waals surface area contributed by atoms with E-state index in [4.69, 9.17) is 27.9 Å². The van der Waals surface area contributed by atoms with Gasteiger partial charge in [0.2, 0.25) is 11.8 Å². The standard InChI is InChI=1S/C22H32Cl2N2O3/c1-3-29-14-8-13-26(20(27)15-23)21(17-10-5-6-11-18(17)24)22(28)25-19-12-7-4-9-16(19)2/h5-6,10-11,16,19,21H,3-4,7-9,12-15H2,1-2H3,(H,25,28). The largest absolute Gasteiger partial charge is 0.382 e. The van der Waals surface area contributed by atoms with Gasteiger partial charge < -0.3 is 15.0 Å². The minimum atomic E-state index is -0.814. The number of hydrogen-bond donors (Lipinski definition) is 1. The number of amides is 2. The summed E-state index contributed by atoms with van der Waals surface area (Å²) in [6, 6.07) is 6.47. The third-order valence-corrected chi connectivity index (χ3v) is 6.10. The van der Waals surface area contributed by atoms with Gasteiger partial charge in [-0.25, -0.2) is 0 Å². The minimum absolute atomic E-state index is 0.109. The summed E-state index contributed by atoms with van der Waals surface area (Å²) < 4.78 is 5.40. The van der Waals surface area contributed by atoms with Crippen LogP contribution in [0.1, 0.15) is 57.6 Å². The number of alkyl halides is 1. The van der Waals surface area contributed by atoms with Gasteiger partial charge in [0.1, 0.15) is 11.9 Å². The fourth-order valence-electron chi connectivity index (χ4n) is 3.90. The molecule has 1 aliphatic carbocycles. The first-order valence-electron chi connectivity index (χ1n) is 10.5. The third kappa shape index (κ3) is 6.87. The SMILES string of the molecule is CCOCCCN(C(=O)CCl)C(C(=O)NC1CCCCC1C)c1ccccc1Cl. The van der Waals surface area contributed by atoms with E-state index in [1.807, 2.05) is 19.1 Å². The molecule has 7 heteroatoms. The van der Waals surface area contributed by atoms with Gasteiger partial charge in [-0.1, -0.05) is 49.6 Å². The summed E-state index contributed by atoms with van der Waals surface area (Å²) in [5.74, 6) is -0.274. The van der Waals surface area contributed by atoms with Crippen LogP contribution in [0.5, 0.6) is 0 Å². The Morgan fingerprint density at radius 1 is 1.28 bits per heavy atom. The summed E-state index contributed by atoms with van der Waals surface area (Å²) in [4.78, 5) is 27.7. The van der Waals surface area contributed by atoms with Gasteiger partial charge in [-0.05, 0) is 38.2 Å². The molecule has 1 N–H and O–H groups in total. The van der Waals surface area contributed by atoms with Gasteiger partial charge in [-0.3, -0.25) is 9.59 Å². The Labute approximate surface area is 184 Å². The van der Waals surface area contributed by atoms with Crippen LogP contribution in [0.25, 0.3) is 0 Å². The molecular formula is C22H32Cl2N2O3. The van der Waals surface area contributed by atoms with Crippen LogP contribution in [-0.4, -0.2) is 48.4 Å². The van der Waals surface area contributed by atoms with Crippen LogP contribution in [0.15, 0.2) is 24.3 Å². The number of ether oxygens (including phenoxy) is 1. The Kier molecular flexibility index (Phi) is 10.3. The number of rotatable bonds is 10. The number of carbonyl (C=O) groups excluding carboxylic acids is 2. The first-order valence-corrected chi connectivity index (χ1v) is 11.4. The average molecular weight is 443 g/mol. The van der Waals surface area contributed by atoms with Gasteiger partial charge in [0.25, 0.3) is 0 Å². The second-order valence-corrected chi connectivity index (χ2v) is 8.25. The summed E-state index contributed by atoms with van der Waals surface area (Å²) in [6.07, 6.45) is 4.96. The van der Waals surface area contributed by atoms with Crippen molar-refractivity contribution in [2.24, 2.45) is 5.92 Å². The maximum Gasteiger partial charge on any atom is 0.247 e. The predicted molar refractivity (Wildman–Crippen MR) is 117 cm³/mol. The molecule has 0 spiro atoms. The van der Waals surface area contributed by atoms with E-state index in [2.05, 4.69) is 12.2 Å². The normalized spacial score (nSPS) is 20.1.